The number of halogens is 1. The van der Waals surface area contributed by atoms with Gasteiger partial charge in [-0.15, -0.1) is 0 Å². The lowest BCUT2D eigenvalue weighted by Gasteiger charge is -2.11. The summed E-state index contributed by atoms with van der Waals surface area (Å²) in [6.07, 6.45) is 0. The number of rotatable bonds is 1. The van der Waals surface area contributed by atoms with Crippen LogP contribution < -0.4 is 5.32 Å². The fourth-order valence-corrected chi connectivity index (χ4v) is 2.53. The summed E-state index contributed by atoms with van der Waals surface area (Å²) in [5.74, 6) is -0.00449. The Labute approximate surface area is 108 Å². The Hall–Kier alpha value is -1.61. The van der Waals surface area contributed by atoms with Crippen molar-refractivity contribution in [2.45, 2.75) is 6.04 Å². The van der Waals surface area contributed by atoms with E-state index in [2.05, 4.69) is 21.2 Å². The van der Waals surface area contributed by atoms with E-state index in [0.717, 1.165) is 21.2 Å². The highest BCUT2D eigenvalue weighted by molar-refractivity contribution is 9.10. The highest BCUT2D eigenvalue weighted by atomic mass is 79.9. The number of carbonyl (C=O) groups is 1. The summed E-state index contributed by atoms with van der Waals surface area (Å²) in [6, 6.07) is 15.8. The van der Waals surface area contributed by atoms with E-state index in [4.69, 9.17) is 0 Å². The van der Waals surface area contributed by atoms with E-state index in [9.17, 15) is 4.79 Å². The van der Waals surface area contributed by atoms with Crippen molar-refractivity contribution in [1.29, 1.82) is 0 Å². The SMILES string of the molecule is O=C1NC(c2ccccc2)c2ccc(Br)cc21. The van der Waals surface area contributed by atoms with Crippen molar-refractivity contribution in [3.05, 3.63) is 69.7 Å². The van der Waals surface area contributed by atoms with Crippen molar-refractivity contribution in [2.75, 3.05) is 0 Å². The summed E-state index contributed by atoms with van der Waals surface area (Å²) >= 11 is 3.39. The van der Waals surface area contributed by atoms with Crippen molar-refractivity contribution in [2.24, 2.45) is 0 Å². The molecule has 0 fully saturated rings. The van der Waals surface area contributed by atoms with Crippen LogP contribution in [-0.4, -0.2) is 5.91 Å². The topological polar surface area (TPSA) is 29.1 Å². The van der Waals surface area contributed by atoms with Crippen LogP contribution in [0, 0.1) is 0 Å². The van der Waals surface area contributed by atoms with Crippen LogP contribution in [0.5, 0.6) is 0 Å². The Kier molecular flexibility index (Phi) is 2.48. The van der Waals surface area contributed by atoms with Crippen LogP contribution in [0.4, 0.5) is 0 Å². The monoisotopic (exact) mass is 287 g/mol. The molecule has 3 heteroatoms. The molecule has 1 atom stereocenters. The number of nitrogens with one attached hydrogen (secondary N) is 1. The lowest BCUT2D eigenvalue weighted by atomic mass is 9.99. The van der Waals surface area contributed by atoms with E-state index in [-0.39, 0.29) is 11.9 Å². The molecular weight excluding hydrogens is 278 g/mol. The van der Waals surface area contributed by atoms with E-state index < -0.39 is 0 Å². The number of benzene rings is 2. The van der Waals surface area contributed by atoms with E-state index in [0.29, 0.717) is 0 Å². The zero-order valence-corrected chi connectivity index (χ0v) is 10.6. The molecule has 17 heavy (non-hydrogen) atoms. The number of carbonyl (C=O) groups excluding carboxylic acids is 1. The zero-order valence-electron chi connectivity index (χ0n) is 8.98. The minimum atomic E-state index is -0.0215. The molecule has 3 rings (SSSR count). The molecule has 84 valence electrons. The molecule has 0 spiro atoms. The van der Waals surface area contributed by atoms with Gasteiger partial charge in [0.2, 0.25) is 0 Å². The zero-order chi connectivity index (χ0) is 11.8. The van der Waals surface area contributed by atoms with Crippen LogP contribution in [-0.2, 0) is 0 Å². The summed E-state index contributed by atoms with van der Waals surface area (Å²) in [6.45, 7) is 0. The molecule has 0 aliphatic carbocycles. The van der Waals surface area contributed by atoms with Crippen LogP contribution in [0.2, 0.25) is 0 Å². The third kappa shape index (κ3) is 1.76. The van der Waals surface area contributed by atoms with Crippen molar-refractivity contribution in [3.63, 3.8) is 0 Å². The predicted molar refractivity (Wildman–Crippen MR) is 69.9 cm³/mol. The van der Waals surface area contributed by atoms with Crippen molar-refractivity contribution in [1.82, 2.24) is 5.32 Å². The number of amides is 1. The molecule has 2 aromatic rings. The maximum Gasteiger partial charge on any atom is 0.252 e. The maximum absolute atomic E-state index is 11.9. The summed E-state index contributed by atoms with van der Waals surface area (Å²) in [5, 5.41) is 3.00. The summed E-state index contributed by atoms with van der Waals surface area (Å²) in [4.78, 5) is 11.9. The highest BCUT2D eigenvalue weighted by Gasteiger charge is 2.29. The molecule has 1 amide bonds. The van der Waals surface area contributed by atoms with Crippen LogP contribution in [0.25, 0.3) is 0 Å². The first kappa shape index (κ1) is 10.5. The molecule has 0 aromatic heterocycles. The molecule has 2 nitrogen and oxygen atoms in total. The minimum Gasteiger partial charge on any atom is -0.341 e. The second-order valence-electron chi connectivity index (χ2n) is 4.05. The van der Waals surface area contributed by atoms with Gasteiger partial charge < -0.3 is 5.32 Å². The first-order valence-electron chi connectivity index (χ1n) is 5.41. The van der Waals surface area contributed by atoms with Crippen LogP contribution >= 0.6 is 15.9 Å². The van der Waals surface area contributed by atoms with Gasteiger partial charge in [0, 0.05) is 10.0 Å². The summed E-state index contributed by atoms with van der Waals surface area (Å²) in [5.41, 5.74) is 2.92. The third-order valence-electron chi connectivity index (χ3n) is 2.98. The van der Waals surface area contributed by atoms with Gasteiger partial charge in [-0.05, 0) is 23.3 Å². The minimum absolute atomic E-state index is 0.00449. The third-order valence-corrected chi connectivity index (χ3v) is 3.47. The standard InChI is InChI=1S/C14H10BrNO/c15-10-6-7-11-12(8-10)14(17)16-13(11)9-4-2-1-3-5-9/h1-8,13H,(H,16,17). The quantitative estimate of drug-likeness (QED) is 0.857. The van der Waals surface area contributed by atoms with Crippen LogP contribution in [0.15, 0.2) is 53.0 Å². The molecule has 1 aliphatic heterocycles. The highest BCUT2D eigenvalue weighted by Crippen LogP contribution is 2.32. The smallest absolute Gasteiger partial charge is 0.252 e. The number of hydrogen-bond donors (Lipinski definition) is 1. The van der Waals surface area contributed by atoms with Gasteiger partial charge in [-0.3, -0.25) is 4.79 Å². The summed E-state index contributed by atoms with van der Waals surface area (Å²) < 4.78 is 0.931. The van der Waals surface area contributed by atoms with E-state index in [1.807, 2.05) is 48.5 Å². The van der Waals surface area contributed by atoms with Gasteiger partial charge in [0.15, 0.2) is 0 Å². The molecule has 1 aliphatic rings. The lowest BCUT2D eigenvalue weighted by molar-refractivity contribution is 0.0960. The van der Waals surface area contributed by atoms with E-state index in [1.54, 1.807) is 0 Å². The van der Waals surface area contributed by atoms with Gasteiger partial charge >= 0.3 is 0 Å². The lowest BCUT2D eigenvalue weighted by Crippen LogP contribution is -2.19. The first-order chi connectivity index (χ1) is 8.25. The Bertz CT molecular complexity index is 580. The number of hydrogen-bond acceptors (Lipinski definition) is 1. The van der Waals surface area contributed by atoms with Crippen molar-refractivity contribution in [3.8, 4) is 0 Å². The van der Waals surface area contributed by atoms with Gasteiger partial charge in [0.1, 0.15) is 0 Å². The summed E-state index contributed by atoms with van der Waals surface area (Å²) in [7, 11) is 0. The van der Waals surface area contributed by atoms with Gasteiger partial charge in [-0.2, -0.15) is 0 Å². The average molecular weight is 288 g/mol. The molecule has 1 N–H and O–H groups in total. The average Bonchev–Trinajstić information content (AvgIpc) is 2.68. The van der Waals surface area contributed by atoms with Crippen molar-refractivity contribution >= 4 is 21.8 Å². The Morgan fingerprint density at radius 3 is 2.59 bits per heavy atom. The van der Waals surface area contributed by atoms with Crippen LogP contribution in [0.3, 0.4) is 0 Å². The van der Waals surface area contributed by atoms with Crippen LogP contribution in [0.1, 0.15) is 27.5 Å². The fraction of sp³-hybridized carbons (Fsp3) is 0.0714. The Balaban J connectivity index is 2.11. The second kappa shape index (κ2) is 4.00. The Morgan fingerprint density at radius 1 is 1.06 bits per heavy atom. The van der Waals surface area contributed by atoms with Gasteiger partial charge in [-0.1, -0.05) is 52.3 Å². The molecule has 0 bridgehead atoms. The fourth-order valence-electron chi connectivity index (χ4n) is 2.17. The molecular formula is C14H10BrNO. The number of fused-ring (bicyclic) bond motifs is 1. The molecule has 0 saturated heterocycles. The van der Waals surface area contributed by atoms with E-state index >= 15 is 0 Å². The normalized spacial score (nSPS) is 17.7. The van der Waals surface area contributed by atoms with Crippen molar-refractivity contribution < 1.29 is 4.79 Å². The van der Waals surface area contributed by atoms with Gasteiger partial charge in [0.05, 0.1) is 6.04 Å². The Morgan fingerprint density at radius 2 is 1.82 bits per heavy atom. The maximum atomic E-state index is 11.9. The molecule has 1 heterocycles. The predicted octanol–water partition coefficient (Wildman–Crippen LogP) is 3.28. The molecule has 0 saturated carbocycles. The first-order valence-corrected chi connectivity index (χ1v) is 6.20. The molecule has 1 unspecified atom stereocenters. The molecule has 0 radical (unpaired) electrons. The van der Waals surface area contributed by atoms with E-state index in [1.165, 1.54) is 0 Å². The van der Waals surface area contributed by atoms with Gasteiger partial charge in [0.25, 0.3) is 5.91 Å². The second-order valence-corrected chi connectivity index (χ2v) is 4.96. The molecule has 2 aromatic carbocycles. The largest absolute Gasteiger partial charge is 0.341 e. The van der Waals surface area contributed by atoms with Gasteiger partial charge in [-0.25, -0.2) is 0 Å².